The molecule has 1 heterocycles. The zero-order valence-corrected chi connectivity index (χ0v) is 10.4. The quantitative estimate of drug-likeness (QED) is 0.898. The maximum atomic E-state index is 9.04. The number of fused-ring (bicyclic) bond motifs is 1. The van der Waals surface area contributed by atoms with E-state index < -0.39 is 0 Å². The standard InChI is InChI=1S/C15H18N2O/c18-10-14-9-17(11-16-14)8-13-6-3-5-12-4-1-2-7-15(12)13/h1-2,4,7,9,11,13,18H,3,5-6,8,10H2. The molecule has 1 N–H and O–H groups in total. The minimum atomic E-state index is 0.0221. The zero-order chi connectivity index (χ0) is 12.4. The van der Waals surface area contributed by atoms with Crippen molar-refractivity contribution >= 4 is 0 Å². The predicted molar refractivity (Wildman–Crippen MR) is 70.3 cm³/mol. The molecule has 3 nitrogen and oxygen atoms in total. The lowest BCUT2D eigenvalue weighted by Crippen LogP contribution is -2.14. The molecule has 1 atom stereocenters. The van der Waals surface area contributed by atoms with Crippen molar-refractivity contribution in [2.24, 2.45) is 0 Å². The molecule has 3 heteroatoms. The van der Waals surface area contributed by atoms with E-state index in [1.165, 1.54) is 30.4 Å². The van der Waals surface area contributed by atoms with Gasteiger partial charge in [0.05, 0.1) is 18.6 Å². The molecule has 1 unspecified atom stereocenters. The topological polar surface area (TPSA) is 38.0 Å². The summed E-state index contributed by atoms with van der Waals surface area (Å²) in [5, 5.41) is 9.04. The van der Waals surface area contributed by atoms with Crippen LogP contribution in [0.1, 0.15) is 35.6 Å². The van der Waals surface area contributed by atoms with Gasteiger partial charge in [0.15, 0.2) is 0 Å². The Labute approximate surface area is 107 Å². The van der Waals surface area contributed by atoms with Crippen LogP contribution in [0.5, 0.6) is 0 Å². The van der Waals surface area contributed by atoms with Gasteiger partial charge in [-0.1, -0.05) is 24.3 Å². The Bertz CT molecular complexity index is 533. The fourth-order valence-corrected chi connectivity index (χ4v) is 2.89. The van der Waals surface area contributed by atoms with Crippen LogP contribution in [0.4, 0.5) is 0 Å². The van der Waals surface area contributed by atoms with Gasteiger partial charge in [-0.25, -0.2) is 4.98 Å². The monoisotopic (exact) mass is 242 g/mol. The number of rotatable bonds is 3. The average Bonchev–Trinajstić information content (AvgIpc) is 2.87. The number of hydrogen-bond donors (Lipinski definition) is 1. The van der Waals surface area contributed by atoms with E-state index in [0.29, 0.717) is 5.92 Å². The van der Waals surface area contributed by atoms with Gasteiger partial charge in [-0.05, 0) is 30.4 Å². The highest BCUT2D eigenvalue weighted by atomic mass is 16.3. The Kier molecular flexibility index (Phi) is 3.15. The van der Waals surface area contributed by atoms with Gasteiger partial charge in [0, 0.05) is 18.7 Å². The van der Waals surface area contributed by atoms with Gasteiger partial charge in [0.25, 0.3) is 0 Å². The smallest absolute Gasteiger partial charge is 0.0950 e. The Hall–Kier alpha value is -1.61. The Morgan fingerprint density at radius 1 is 1.33 bits per heavy atom. The first-order chi connectivity index (χ1) is 8.86. The van der Waals surface area contributed by atoms with E-state index in [-0.39, 0.29) is 6.61 Å². The highest BCUT2D eigenvalue weighted by Crippen LogP contribution is 2.32. The average molecular weight is 242 g/mol. The molecule has 0 radical (unpaired) electrons. The highest BCUT2D eigenvalue weighted by Gasteiger charge is 2.19. The second-order valence-corrected chi connectivity index (χ2v) is 5.01. The Morgan fingerprint density at radius 2 is 2.22 bits per heavy atom. The number of nitrogens with zero attached hydrogens (tertiary/aromatic N) is 2. The maximum absolute atomic E-state index is 9.04. The molecule has 1 aliphatic rings. The van der Waals surface area contributed by atoms with Crippen molar-refractivity contribution in [3.63, 3.8) is 0 Å². The van der Waals surface area contributed by atoms with E-state index in [4.69, 9.17) is 5.11 Å². The predicted octanol–water partition coefficient (Wildman–Crippen LogP) is 2.50. The third-order valence-electron chi connectivity index (χ3n) is 3.77. The summed E-state index contributed by atoms with van der Waals surface area (Å²) in [7, 11) is 0. The van der Waals surface area contributed by atoms with Crippen molar-refractivity contribution in [1.82, 2.24) is 9.55 Å². The minimum absolute atomic E-state index is 0.0221. The van der Waals surface area contributed by atoms with E-state index in [2.05, 4.69) is 33.8 Å². The molecular formula is C15H18N2O. The molecule has 2 aromatic rings. The first kappa shape index (κ1) is 11.5. The van der Waals surface area contributed by atoms with Crippen molar-refractivity contribution in [1.29, 1.82) is 0 Å². The van der Waals surface area contributed by atoms with Crippen molar-refractivity contribution < 1.29 is 5.11 Å². The molecule has 0 bridgehead atoms. The van der Waals surface area contributed by atoms with Gasteiger partial charge in [-0.3, -0.25) is 0 Å². The Morgan fingerprint density at radius 3 is 3.06 bits per heavy atom. The first-order valence-corrected chi connectivity index (χ1v) is 6.56. The molecule has 0 fully saturated rings. The lowest BCUT2D eigenvalue weighted by atomic mass is 9.83. The molecule has 0 saturated heterocycles. The number of aliphatic hydroxyl groups is 1. The number of benzene rings is 1. The molecule has 0 amide bonds. The number of imidazole rings is 1. The molecule has 1 aromatic carbocycles. The molecule has 18 heavy (non-hydrogen) atoms. The summed E-state index contributed by atoms with van der Waals surface area (Å²) >= 11 is 0. The van der Waals surface area contributed by atoms with Crippen LogP contribution in [0.2, 0.25) is 0 Å². The largest absolute Gasteiger partial charge is 0.390 e. The van der Waals surface area contributed by atoms with E-state index in [9.17, 15) is 0 Å². The molecule has 0 aliphatic heterocycles. The second-order valence-electron chi connectivity index (χ2n) is 5.01. The van der Waals surface area contributed by atoms with Crippen LogP contribution in [0.15, 0.2) is 36.8 Å². The normalized spacial score (nSPS) is 18.6. The van der Waals surface area contributed by atoms with E-state index in [1.807, 2.05) is 12.5 Å². The van der Waals surface area contributed by atoms with Crippen LogP contribution in [-0.2, 0) is 19.6 Å². The van der Waals surface area contributed by atoms with Gasteiger partial charge in [0.1, 0.15) is 0 Å². The molecule has 1 aliphatic carbocycles. The van der Waals surface area contributed by atoms with Gasteiger partial charge < -0.3 is 9.67 Å². The molecule has 94 valence electrons. The highest BCUT2D eigenvalue weighted by molar-refractivity contribution is 5.32. The summed E-state index contributed by atoms with van der Waals surface area (Å²) in [5.74, 6) is 0.579. The van der Waals surface area contributed by atoms with Crippen molar-refractivity contribution in [3.05, 3.63) is 53.6 Å². The summed E-state index contributed by atoms with van der Waals surface area (Å²) in [4.78, 5) is 4.17. The number of aromatic nitrogens is 2. The van der Waals surface area contributed by atoms with Crippen LogP contribution in [0.25, 0.3) is 0 Å². The minimum Gasteiger partial charge on any atom is -0.390 e. The SMILES string of the molecule is OCc1cn(CC2CCCc3ccccc32)cn1. The van der Waals surface area contributed by atoms with Crippen molar-refractivity contribution in [2.75, 3.05) is 0 Å². The summed E-state index contributed by atoms with van der Waals surface area (Å²) in [6.07, 6.45) is 7.48. The fraction of sp³-hybridized carbons (Fsp3) is 0.400. The number of hydrogen-bond acceptors (Lipinski definition) is 2. The second kappa shape index (κ2) is 4.94. The third-order valence-corrected chi connectivity index (χ3v) is 3.77. The van der Waals surface area contributed by atoms with Crippen LogP contribution in [-0.4, -0.2) is 14.7 Å². The zero-order valence-electron chi connectivity index (χ0n) is 10.4. The van der Waals surface area contributed by atoms with Gasteiger partial charge in [-0.2, -0.15) is 0 Å². The van der Waals surface area contributed by atoms with Crippen LogP contribution >= 0.6 is 0 Å². The summed E-state index contributed by atoms with van der Waals surface area (Å²) in [6.45, 7) is 0.984. The van der Waals surface area contributed by atoms with Crippen LogP contribution < -0.4 is 0 Å². The first-order valence-electron chi connectivity index (χ1n) is 6.56. The molecule has 3 rings (SSSR count). The summed E-state index contributed by atoms with van der Waals surface area (Å²) in [6, 6.07) is 8.75. The van der Waals surface area contributed by atoms with Crippen LogP contribution in [0.3, 0.4) is 0 Å². The lowest BCUT2D eigenvalue weighted by Gasteiger charge is -2.25. The van der Waals surface area contributed by atoms with Gasteiger partial charge in [0.2, 0.25) is 0 Å². The molecular weight excluding hydrogens is 224 g/mol. The lowest BCUT2D eigenvalue weighted by molar-refractivity contribution is 0.277. The van der Waals surface area contributed by atoms with Gasteiger partial charge in [-0.15, -0.1) is 0 Å². The molecule has 1 aromatic heterocycles. The fourth-order valence-electron chi connectivity index (χ4n) is 2.89. The summed E-state index contributed by atoms with van der Waals surface area (Å²) in [5.41, 5.74) is 3.73. The molecule has 0 spiro atoms. The van der Waals surface area contributed by atoms with E-state index >= 15 is 0 Å². The van der Waals surface area contributed by atoms with E-state index in [1.54, 1.807) is 0 Å². The number of aliphatic hydroxyl groups excluding tert-OH is 1. The van der Waals surface area contributed by atoms with Crippen LogP contribution in [0, 0.1) is 0 Å². The van der Waals surface area contributed by atoms with Crippen molar-refractivity contribution in [2.45, 2.75) is 38.3 Å². The maximum Gasteiger partial charge on any atom is 0.0950 e. The molecule has 0 saturated carbocycles. The number of aryl methyl sites for hydroxylation is 1. The summed E-state index contributed by atoms with van der Waals surface area (Å²) < 4.78 is 2.10. The van der Waals surface area contributed by atoms with Crippen molar-refractivity contribution in [3.8, 4) is 0 Å². The van der Waals surface area contributed by atoms with Gasteiger partial charge >= 0.3 is 0 Å². The third kappa shape index (κ3) is 2.18. The van der Waals surface area contributed by atoms with E-state index in [0.717, 1.165) is 12.2 Å². The Balaban J connectivity index is 1.81.